The fraction of sp³-hybridized carbons (Fsp3) is 0.235. The first kappa shape index (κ1) is 19.0. The average Bonchev–Trinajstić information content (AvgIpc) is 2.96. The van der Waals surface area contributed by atoms with Gasteiger partial charge in [-0.05, 0) is 22.0 Å². The van der Waals surface area contributed by atoms with Crippen LogP contribution in [0.15, 0.2) is 24.3 Å². The third-order valence-electron chi connectivity index (χ3n) is 3.27. The van der Waals surface area contributed by atoms with Crippen molar-refractivity contribution in [1.82, 2.24) is 5.32 Å². The maximum absolute atomic E-state index is 11.3. The molecule has 2 rings (SSSR count). The molecular weight excluding hydrogens is 362 g/mol. The van der Waals surface area contributed by atoms with Gasteiger partial charge in [0.05, 0.1) is 14.2 Å². The minimum absolute atomic E-state index is 0.158. The number of carbonyl (C=O) groups is 2. The lowest BCUT2D eigenvalue weighted by molar-refractivity contribution is -0.142. The molecule has 0 aliphatic carbocycles. The Balaban J connectivity index is 2.19. The zero-order chi connectivity index (χ0) is 18.4. The molecule has 0 fully saturated rings. The Labute approximate surface area is 153 Å². The molecule has 1 amide bonds. The average molecular weight is 380 g/mol. The molecule has 0 atom stereocenters. The van der Waals surface area contributed by atoms with Gasteiger partial charge in [-0.3, -0.25) is 4.79 Å². The van der Waals surface area contributed by atoms with Gasteiger partial charge >= 0.3 is 5.97 Å². The maximum Gasteiger partial charge on any atom is 0.343 e. The summed E-state index contributed by atoms with van der Waals surface area (Å²) in [4.78, 5) is 23.5. The monoisotopic (exact) mass is 380 g/mol. The maximum atomic E-state index is 11.3. The lowest BCUT2D eigenvalue weighted by Gasteiger charge is -2.11. The summed E-state index contributed by atoms with van der Waals surface area (Å²) >= 11 is 5.16. The largest absolute Gasteiger partial charge is 0.493 e. The Morgan fingerprint density at radius 1 is 1.32 bits per heavy atom. The van der Waals surface area contributed by atoms with Crippen molar-refractivity contribution in [3.8, 4) is 11.5 Å². The Bertz CT molecular complexity index is 835. The lowest BCUT2D eigenvalue weighted by Crippen LogP contribution is -2.21. The van der Waals surface area contributed by atoms with Crippen LogP contribution in [-0.4, -0.2) is 47.3 Å². The topological polar surface area (TPSA) is 73.9 Å². The number of rotatable bonds is 6. The molecule has 1 N–H and O–H groups in total. The fourth-order valence-corrected chi connectivity index (χ4v) is 3.90. The van der Waals surface area contributed by atoms with Crippen LogP contribution in [0.25, 0.3) is 6.08 Å². The van der Waals surface area contributed by atoms with Gasteiger partial charge in [0.1, 0.15) is 0 Å². The summed E-state index contributed by atoms with van der Waals surface area (Å²) in [6.07, 6.45) is 3.81. The number of hydrogen-bond acceptors (Lipinski definition) is 7. The minimum atomic E-state index is -0.473. The molecule has 134 valence electrons. The summed E-state index contributed by atoms with van der Waals surface area (Å²) in [6, 6.07) is 5.35. The SMILES string of the molecule is COC(=O)COc1ccc(C=CC(C)=[S-]2=CC(=O)NC2=S)cc1OC. The van der Waals surface area contributed by atoms with E-state index in [1.807, 2.05) is 25.1 Å². The van der Waals surface area contributed by atoms with Crippen LogP contribution >= 0.6 is 12.2 Å². The second-order valence-electron chi connectivity index (χ2n) is 4.95. The van der Waals surface area contributed by atoms with E-state index in [9.17, 15) is 9.59 Å². The van der Waals surface area contributed by atoms with Gasteiger partial charge < -0.3 is 29.6 Å². The van der Waals surface area contributed by atoms with Crippen LogP contribution in [0, 0.1) is 0 Å². The Kier molecular flexibility index (Phi) is 6.60. The highest BCUT2D eigenvalue weighted by Gasteiger charge is 2.08. The van der Waals surface area contributed by atoms with E-state index in [4.69, 9.17) is 21.7 Å². The summed E-state index contributed by atoms with van der Waals surface area (Å²) in [6.45, 7) is 1.74. The summed E-state index contributed by atoms with van der Waals surface area (Å²) < 4.78 is 15.7. The van der Waals surface area contributed by atoms with Crippen LogP contribution in [0.5, 0.6) is 11.5 Å². The molecule has 0 spiro atoms. The van der Waals surface area contributed by atoms with Crippen molar-refractivity contribution in [3.63, 3.8) is 0 Å². The number of amides is 1. The van der Waals surface area contributed by atoms with E-state index in [-0.39, 0.29) is 12.5 Å². The second-order valence-corrected chi connectivity index (χ2v) is 7.58. The van der Waals surface area contributed by atoms with Crippen LogP contribution < -0.4 is 14.8 Å². The first-order valence-corrected chi connectivity index (χ1v) is 8.96. The molecule has 0 saturated heterocycles. The number of ether oxygens (including phenoxy) is 3. The van der Waals surface area contributed by atoms with Gasteiger partial charge in [-0.15, -0.1) is 5.37 Å². The summed E-state index contributed by atoms with van der Waals surface area (Å²) in [5.41, 5.74) is 0.884. The van der Waals surface area contributed by atoms with Crippen molar-refractivity contribution in [3.05, 3.63) is 29.8 Å². The van der Waals surface area contributed by atoms with Crippen molar-refractivity contribution in [2.45, 2.75) is 6.92 Å². The van der Waals surface area contributed by atoms with E-state index in [1.54, 1.807) is 17.5 Å². The molecule has 1 aromatic rings. The van der Waals surface area contributed by atoms with Gasteiger partial charge in [-0.2, -0.15) is 4.86 Å². The molecule has 1 heterocycles. The molecule has 1 aliphatic rings. The van der Waals surface area contributed by atoms with Gasteiger partial charge in [-0.25, -0.2) is 4.79 Å². The number of hydrogen-bond donors (Lipinski definition) is 1. The first-order valence-electron chi connectivity index (χ1n) is 7.26. The molecule has 0 unspecified atom stereocenters. The first-order chi connectivity index (χ1) is 11.9. The number of methoxy groups -OCH3 is 2. The van der Waals surface area contributed by atoms with Crippen molar-refractivity contribution in [2.24, 2.45) is 0 Å². The number of nitrogens with one attached hydrogen (secondary N) is 1. The molecule has 25 heavy (non-hydrogen) atoms. The molecule has 0 radical (unpaired) electrons. The van der Waals surface area contributed by atoms with Crippen LogP contribution in [-0.2, 0) is 24.4 Å². The predicted molar refractivity (Wildman–Crippen MR) is 104 cm³/mol. The molecule has 6 nitrogen and oxygen atoms in total. The van der Waals surface area contributed by atoms with Crippen molar-refractivity contribution < 1.29 is 23.8 Å². The van der Waals surface area contributed by atoms with Crippen LogP contribution in [0.3, 0.4) is 0 Å². The van der Waals surface area contributed by atoms with Gasteiger partial charge in [0.25, 0.3) is 0 Å². The standard InChI is InChI=1S/C17H18NO5S2/c1-11(25-10-15(19)18-17(25)24)4-5-12-6-7-13(14(8-12)21-2)23-9-16(20)22-3/h4-8,10H,9H2,1-3H3,(H,18,19,24)/q-1. The van der Waals surface area contributed by atoms with Gasteiger partial charge in [0.15, 0.2) is 18.1 Å². The number of esters is 1. The van der Waals surface area contributed by atoms with E-state index in [0.29, 0.717) is 15.8 Å². The van der Waals surface area contributed by atoms with Crippen molar-refractivity contribution in [1.29, 1.82) is 0 Å². The molecule has 1 aromatic carbocycles. The van der Waals surface area contributed by atoms with Gasteiger partial charge in [0, 0.05) is 0 Å². The van der Waals surface area contributed by atoms with E-state index < -0.39 is 16.0 Å². The molecule has 0 bridgehead atoms. The predicted octanol–water partition coefficient (Wildman–Crippen LogP) is 1.29. The third-order valence-corrected chi connectivity index (χ3v) is 5.69. The molecule has 1 aliphatic heterocycles. The van der Waals surface area contributed by atoms with E-state index in [0.717, 1.165) is 10.4 Å². The van der Waals surface area contributed by atoms with Gasteiger partial charge in [-0.1, -0.05) is 37.4 Å². The summed E-state index contributed by atoms with van der Waals surface area (Å²) in [5.74, 6) is 0.331. The lowest BCUT2D eigenvalue weighted by atomic mass is 10.2. The van der Waals surface area contributed by atoms with Crippen molar-refractivity contribution in [2.75, 3.05) is 20.8 Å². The van der Waals surface area contributed by atoms with E-state index in [1.165, 1.54) is 14.2 Å². The summed E-state index contributed by atoms with van der Waals surface area (Å²) in [7, 11) is 2.35. The third kappa shape index (κ3) is 5.07. The van der Waals surface area contributed by atoms with Crippen LogP contribution in [0.1, 0.15) is 12.5 Å². The Hall–Kier alpha value is -2.32. The number of carbonyl (C=O) groups excluding carboxylic acids is 2. The molecule has 8 heteroatoms. The Morgan fingerprint density at radius 2 is 2.08 bits per heavy atom. The van der Waals surface area contributed by atoms with Crippen LogP contribution in [0.2, 0.25) is 0 Å². The summed E-state index contributed by atoms with van der Waals surface area (Å²) in [5, 5.41) is 4.21. The van der Waals surface area contributed by atoms with Crippen molar-refractivity contribution >= 4 is 54.8 Å². The van der Waals surface area contributed by atoms with E-state index >= 15 is 0 Å². The zero-order valence-electron chi connectivity index (χ0n) is 14.0. The molecule has 0 aromatic heterocycles. The molecular formula is C17H18NO5S2-. The van der Waals surface area contributed by atoms with Crippen LogP contribution in [0.4, 0.5) is 0 Å². The fourth-order valence-electron chi connectivity index (χ4n) is 1.97. The Morgan fingerprint density at radius 3 is 2.68 bits per heavy atom. The normalized spacial score (nSPS) is 17.1. The van der Waals surface area contributed by atoms with E-state index in [2.05, 4.69) is 10.1 Å². The highest BCUT2D eigenvalue weighted by molar-refractivity contribution is 8.19. The smallest absolute Gasteiger partial charge is 0.343 e. The zero-order valence-corrected chi connectivity index (χ0v) is 15.7. The quantitative estimate of drug-likeness (QED) is 0.347. The second kappa shape index (κ2) is 8.68. The highest BCUT2D eigenvalue weighted by atomic mass is 32.2. The minimum Gasteiger partial charge on any atom is -0.493 e. The van der Waals surface area contributed by atoms with Gasteiger partial charge in [0.2, 0.25) is 5.91 Å². The number of thiocarbonyl (C=S) groups is 1. The number of allylic oxidation sites excluding steroid dienone is 1. The number of benzene rings is 1. The molecule has 0 saturated carbocycles. The highest BCUT2D eigenvalue weighted by Crippen LogP contribution is 2.28.